The first-order chi connectivity index (χ1) is 11.7. The molecule has 4 N–H and O–H groups in total. The highest BCUT2D eigenvalue weighted by Crippen LogP contribution is 2.23. The van der Waals surface area contributed by atoms with E-state index < -0.39 is 0 Å². The summed E-state index contributed by atoms with van der Waals surface area (Å²) in [5.74, 6) is 0.511. The molecule has 7 nitrogen and oxygen atoms in total. The largest absolute Gasteiger partial charge is 0.495 e. The first kappa shape index (κ1) is 24.3. The molecule has 0 saturated carbocycles. The van der Waals surface area contributed by atoms with Gasteiger partial charge < -0.3 is 26.0 Å². The van der Waals surface area contributed by atoms with Crippen molar-refractivity contribution in [3.05, 3.63) is 24.3 Å². The molecule has 0 bridgehead atoms. The number of piperidine rings is 1. The summed E-state index contributed by atoms with van der Waals surface area (Å²) in [4.78, 5) is 26.2. The number of nitrogens with two attached hydrogens (primary N) is 1. The van der Waals surface area contributed by atoms with Crippen molar-refractivity contribution in [2.24, 2.45) is 11.7 Å². The normalized spacial score (nSPS) is 15.9. The number of carbonyl (C=O) groups is 2. The van der Waals surface area contributed by atoms with E-state index in [0.717, 1.165) is 18.5 Å². The fourth-order valence-electron chi connectivity index (χ4n) is 2.83. The first-order valence-corrected chi connectivity index (χ1v) is 8.28. The van der Waals surface area contributed by atoms with E-state index in [4.69, 9.17) is 10.5 Å². The van der Waals surface area contributed by atoms with E-state index >= 15 is 0 Å². The molecular weight excluding hydrogens is 379 g/mol. The Labute approximate surface area is 166 Å². The number of amides is 2. The molecule has 0 spiro atoms. The Morgan fingerprint density at radius 1 is 1.31 bits per heavy atom. The summed E-state index contributed by atoms with van der Waals surface area (Å²) >= 11 is 0. The molecule has 1 fully saturated rings. The molecule has 0 aliphatic carbocycles. The molecule has 1 aliphatic heterocycles. The Hall–Kier alpha value is -1.70. The third-order valence-corrected chi connectivity index (χ3v) is 4.13. The van der Waals surface area contributed by atoms with Crippen molar-refractivity contribution >= 4 is 42.3 Å². The van der Waals surface area contributed by atoms with E-state index in [2.05, 4.69) is 10.6 Å². The van der Waals surface area contributed by atoms with Crippen molar-refractivity contribution in [2.45, 2.75) is 12.8 Å². The van der Waals surface area contributed by atoms with Crippen LogP contribution < -0.4 is 21.1 Å². The van der Waals surface area contributed by atoms with Gasteiger partial charge in [-0.1, -0.05) is 12.1 Å². The van der Waals surface area contributed by atoms with Crippen LogP contribution in [0, 0.1) is 5.92 Å². The number of hydrogen-bond donors (Lipinski definition) is 3. The maximum Gasteiger partial charge on any atom is 0.241 e. The van der Waals surface area contributed by atoms with Crippen LogP contribution in [0.1, 0.15) is 12.8 Å². The van der Waals surface area contributed by atoms with E-state index in [0.29, 0.717) is 31.9 Å². The average molecular weight is 407 g/mol. The zero-order chi connectivity index (χ0) is 17.4. The maximum atomic E-state index is 12.4. The van der Waals surface area contributed by atoms with Gasteiger partial charge in [0.15, 0.2) is 0 Å². The summed E-state index contributed by atoms with van der Waals surface area (Å²) in [5, 5.41) is 5.91. The minimum atomic E-state index is -0.152. The van der Waals surface area contributed by atoms with E-state index in [9.17, 15) is 9.59 Å². The molecule has 2 rings (SSSR count). The summed E-state index contributed by atoms with van der Waals surface area (Å²) in [6.07, 6.45) is 1.64. The van der Waals surface area contributed by atoms with Gasteiger partial charge in [0.1, 0.15) is 5.75 Å². The lowest BCUT2D eigenvalue weighted by Crippen LogP contribution is -2.47. The molecule has 26 heavy (non-hydrogen) atoms. The Morgan fingerprint density at radius 3 is 2.73 bits per heavy atom. The van der Waals surface area contributed by atoms with Crippen LogP contribution in [0.3, 0.4) is 0 Å². The Morgan fingerprint density at radius 2 is 2.04 bits per heavy atom. The van der Waals surface area contributed by atoms with Crippen LogP contribution in [0.5, 0.6) is 5.75 Å². The molecule has 1 heterocycles. The number of halogens is 2. The lowest BCUT2D eigenvalue weighted by molar-refractivity contribution is -0.134. The molecule has 1 saturated heterocycles. The number of para-hydroxylation sites is 2. The molecule has 1 unspecified atom stereocenters. The van der Waals surface area contributed by atoms with Crippen LogP contribution in [-0.2, 0) is 9.59 Å². The van der Waals surface area contributed by atoms with Crippen molar-refractivity contribution < 1.29 is 14.3 Å². The SMILES string of the molecule is COc1ccccc1NCC(=O)N1CCCC(C(=O)NCCN)C1.Cl.Cl. The number of ether oxygens (including phenoxy) is 1. The van der Waals surface area contributed by atoms with Gasteiger partial charge in [-0.3, -0.25) is 9.59 Å². The zero-order valence-corrected chi connectivity index (χ0v) is 16.5. The number of hydrogen-bond acceptors (Lipinski definition) is 5. The predicted molar refractivity (Wildman–Crippen MR) is 107 cm³/mol. The van der Waals surface area contributed by atoms with Crippen molar-refractivity contribution in [3.63, 3.8) is 0 Å². The highest BCUT2D eigenvalue weighted by atomic mass is 35.5. The number of nitrogens with zero attached hydrogens (tertiary/aromatic N) is 1. The smallest absolute Gasteiger partial charge is 0.241 e. The zero-order valence-electron chi connectivity index (χ0n) is 14.9. The fraction of sp³-hybridized carbons (Fsp3) is 0.529. The summed E-state index contributed by atoms with van der Waals surface area (Å²) in [7, 11) is 1.59. The van der Waals surface area contributed by atoms with Crippen LogP contribution in [0.15, 0.2) is 24.3 Å². The third kappa shape index (κ3) is 6.90. The number of anilines is 1. The maximum absolute atomic E-state index is 12.4. The molecule has 9 heteroatoms. The molecule has 1 aromatic carbocycles. The number of likely N-dealkylation sites (tertiary alicyclic amines) is 1. The van der Waals surface area contributed by atoms with Crippen molar-refractivity contribution in [1.29, 1.82) is 0 Å². The van der Waals surface area contributed by atoms with Gasteiger partial charge in [-0.25, -0.2) is 0 Å². The number of nitrogens with one attached hydrogen (secondary N) is 2. The van der Waals surface area contributed by atoms with Crippen LogP contribution in [-0.4, -0.2) is 56.5 Å². The quantitative estimate of drug-likeness (QED) is 0.633. The van der Waals surface area contributed by atoms with E-state index in [1.807, 2.05) is 24.3 Å². The van der Waals surface area contributed by atoms with Gasteiger partial charge in [-0.2, -0.15) is 0 Å². The Bertz CT molecular complexity index is 575. The van der Waals surface area contributed by atoms with Crippen LogP contribution >= 0.6 is 24.8 Å². The minimum absolute atomic E-state index is 0. The van der Waals surface area contributed by atoms with Crippen molar-refractivity contribution in [1.82, 2.24) is 10.2 Å². The summed E-state index contributed by atoms with van der Waals surface area (Å²) in [6, 6.07) is 7.46. The molecule has 1 atom stereocenters. The number of methoxy groups -OCH3 is 1. The standard InChI is InChI=1S/C17H26N4O3.2ClH/c1-24-15-7-3-2-6-14(15)20-11-16(22)21-10-4-5-13(12-21)17(23)19-9-8-18;;/h2-3,6-7,13,20H,4-5,8-12,18H2,1H3,(H,19,23);2*1H. The van der Waals surface area contributed by atoms with Gasteiger partial charge in [0.2, 0.25) is 11.8 Å². The Kier molecular flexibility index (Phi) is 11.8. The second-order valence-electron chi connectivity index (χ2n) is 5.81. The minimum Gasteiger partial charge on any atom is -0.495 e. The third-order valence-electron chi connectivity index (χ3n) is 4.13. The van der Waals surface area contributed by atoms with Gasteiger partial charge >= 0.3 is 0 Å². The second kappa shape index (κ2) is 12.6. The first-order valence-electron chi connectivity index (χ1n) is 8.28. The van der Waals surface area contributed by atoms with Crippen molar-refractivity contribution in [3.8, 4) is 5.75 Å². The lowest BCUT2D eigenvalue weighted by Gasteiger charge is -2.32. The number of rotatable bonds is 7. The number of benzene rings is 1. The summed E-state index contributed by atoms with van der Waals surface area (Å²) < 4.78 is 5.26. The van der Waals surface area contributed by atoms with E-state index in [-0.39, 0.29) is 49.1 Å². The molecular formula is C17H28Cl2N4O3. The highest BCUT2D eigenvalue weighted by Gasteiger charge is 2.28. The van der Waals surface area contributed by atoms with Crippen LogP contribution in [0.25, 0.3) is 0 Å². The predicted octanol–water partition coefficient (Wildman–Crippen LogP) is 1.26. The molecule has 1 aliphatic rings. The van der Waals surface area contributed by atoms with Gasteiger partial charge in [0, 0.05) is 26.2 Å². The average Bonchev–Trinajstić information content (AvgIpc) is 2.64. The topological polar surface area (TPSA) is 96.7 Å². The van der Waals surface area contributed by atoms with E-state index in [1.165, 1.54) is 0 Å². The van der Waals surface area contributed by atoms with E-state index in [1.54, 1.807) is 12.0 Å². The van der Waals surface area contributed by atoms with Gasteiger partial charge in [0.05, 0.1) is 25.3 Å². The lowest BCUT2D eigenvalue weighted by atomic mass is 9.97. The summed E-state index contributed by atoms with van der Waals surface area (Å²) in [5.41, 5.74) is 6.18. The molecule has 1 aromatic rings. The van der Waals surface area contributed by atoms with Crippen LogP contribution in [0.2, 0.25) is 0 Å². The monoisotopic (exact) mass is 406 g/mol. The Balaban J connectivity index is 0.00000312. The summed E-state index contributed by atoms with van der Waals surface area (Å²) in [6.45, 7) is 2.22. The van der Waals surface area contributed by atoms with Gasteiger partial charge in [-0.05, 0) is 25.0 Å². The highest BCUT2D eigenvalue weighted by molar-refractivity contribution is 5.86. The van der Waals surface area contributed by atoms with Crippen molar-refractivity contribution in [2.75, 3.05) is 45.2 Å². The molecule has 0 radical (unpaired) electrons. The molecule has 2 amide bonds. The molecule has 0 aromatic heterocycles. The van der Waals surface area contributed by atoms with Gasteiger partial charge in [0.25, 0.3) is 0 Å². The molecule has 148 valence electrons. The fourth-order valence-corrected chi connectivity index (χ4v) is 2.83. The number of carbonyl (C=O) groups excluding carboxylic acids is 2. The van der Waals surface area contributed by atoms with Crippen LogP contribution in [0.4, 0.5) is 5.69 Å². The second-order valence-corrected chi connectivity index (χ2v) is 5.81. The van der Waals surface area contributed by atoms with Gasteiger partial charge in [-0.15, -0.1) is 24.8 Å².